The molecular weight excluding hydrogens is 356 g/mol. The standard InChI is InChI=1S/C16H19BrN6/c1-2-3-11-8-12(17)9-13-14(11)20-15(16-21-19-10-23(13)16)22-6-4-18-5-7-22/h8-10,18H,2-7H2,1H3. The third-order valence-electron chi connectivity index (χ3n) is 4.29. The molecule has 3 aromatic rings. The fourth-order valence-electron chi connectivity index (χ4n) is 3.22. The molecule has 0 spiro atoms. The van der Waals surface area contributed by atoms with E-state index in [1.165, 1.54) is 5.56 Å². The van der Waals surface area contributed by atoms with Gasteiger partial charge in [0.25, 0.3) is 0 Å². The monoisotopic (exact) mass is 374 g/mol. The fourth-order valence-corrected chi connectivity index (χ4v) is 3.71. The summed E-state index contributed by atoms with van der Waals surface area (Å²) in [5.74, 6) is 0.941. The molecule has 0 atom stereocenters. The maximum absolute atomic E-state index is 5.01. The number of aryl methyl sites for hydroxylation is 1. The lowest BCUT2D eigenvalue weighted by Crippen LogP contribution is -2.44. The van der Waals surface area contributed by atoms with Gasteiger partial charge in [-0.2, -0.15) is 0 Å². The van der Waals surface area contributed by atoms with Crippen LogP contribution >= 0.6 is 15.9 Å². The summed E-state index contributed by atoms with van der Waals surface area (Å²) in [4.78, 5) is 7.32. The molecule has 0 radical (unpaired) electrons. The summed E-state index contributed by atoms with van der Waals surface area (Å²) in [5, 5.41) is 11.8. The molecule has 1 aliphatic rings. The van der Waals surface area contributed by atoms with E-state index >= 15 is 0 Å². The van der Waals surface area contributed by atoms with Gasteiger partial charge in [-0.1, -0.05) is 29.3 Å². The van der Waals surface area contributed by atoms with Crippen LogP contribution in [0.15, 0.2) is 22.9 Å². The Morgan fingerprint density at radius 3 is 2.87 bits per heavy atom. The maximum Gasteiger partial charge on any atom is 0.204 e. The van der Waals surface area contributed by atoms with Crippen LogP contribution in [0.25, 0.3) is 16.7 Å². The second kappa shape index (κ2) is 6.05. The minimum absolute atomic E-state index is 0.833. The van der Waals surface area contributed by atoms with Crippen molar-refractivity contribution < 1.29 is 0 Å². The van der Waals surface area contributed by atoms with Crippen LogP contribution in [-0.2, 0) is 6.42 Å². The van der Waals surface area contributed by atoms with E-state index in [9.17, 15) is 0 Å². The number of hydrogen-bond donors (Lipinski definition) is 1. The largest absolute Gasteiger partial charge is 0.351 e. The summed E-state index contributed by atoms with van der Waals surface area (Å²) in [6, 6.07) is 4.27. The maximum atomic E-state index is 5.01. The van der Waals surface area contributed by atoms with Gasteiger partial charge in [0.05, 0.1) is 11.0 Å². The SMILES string of the molecule is CCCc1cc(Br)cc2c1nc(N1CCNCC1)c1nncn12. The van der Waals surface area contributed by atoms with Crippen molar-refractivity contribution in [3.8, 4) is 0 Å². The zero-order valence-electron chi connectivity index (χ0n) is 13.1. The van der Waals surface area contributed by atoms with Gasteiger partial charge in [0, 0.05) is 30.7 Å². The van der Waals surface area contributed by atoms with Crippen LogP contribution in [0.1, 0.15) is 18.9 Å². The second-order valence-corrected chi connectivity index (χ2v) is 6.80. The molecule has 1 saturated heterocycles. The van der Waals surface area contributed by atoms with Gasteiger partial charge in [-0.15, -0.1) is 10.2 Å². The van der Waals surface area contributed by atoms with Crippen molar-refractivity contribution in [2.24, 2.45) is 0 Å². The fraction of sp³-hybridized carbons (Fsp3) is 0.438. The van der Waals surface area contributed by atoms with Gasteiger partial charge < -0.3 is 10.2 Å². The molecule has 0 aliphatic carbocycles. The van der Waals surface area contributed by atoms with Crippen molar-refractivity contribution >= 4 is 38.4 Å². The lowest BCUT2D eigenvalue weighted by atomic mass is 10.1. The van der Waals surface area contributed by atoms with Crippen LogP contribution < -0.4 is 10.2 Å². The Kier molecular flexibility index (Phi) is 3.90. The van der Waals surface area contributed by atoms with Crippen molar-refractivity contribution in [1.29, 1.82) is 0 Å². The number of hydrogen-bond acceptors (Lipinski definition) is 5. The summed E-state index contributed by atoms with van der Waals surface area (Å²) >= 11 is 3.62. The molecule has 0 saturated carbocycles. The Bertz CT molecular complexity index is 853. The molecule has 1 aromatic carbocycles. The highest BCUT2D eigenvalue weighted by Gasteiger charge is 2.19. The number of nitrogens with one attached hydrogen (secondary N) is 1. The molecule has 0 amide bonds. The lowest BCUT2D eigenvalue weighted by molar-refractivity contribution is 0.586. The minimum atomic E-state index is 0.833. The molecule has 7 heteroatoms. The summed E-state index contributed by atoms with van der Waals surface area (Å²) in [6.07, 6.45) is 3.89. The van der Waals surface area contributed by atoms with E-state index in [1.807, 2.05) is 0 Å². The van der Waals surface area contributed by atoms with E-state index in [-0.39, 0.29) is 0 Å². The number of nitrogens with zero attached hydrogens (tertiary/aromatic N) is 5. The average Bonchev–Trinajstić information content (AvgIpc) is 3.05. The molecule has 1 N–H and O–H groups in total. The molecule has 3 heterocycles. The number of piperazine rings is 1. The van der Waals surface area contributed by atoms with Gasteiger partial charge in [-0.05, 0) is 24.1 Å². The van der Waals surface area contributed by atoms with E-state index in [4.69, 9.17) is 4.98 Å². The molecule has 1 aliphatic heterocycles. The molecule has 2 aromatic heterocycles. The van der Waals surface area contributed by atoms with Crippen molar-refractivity contribution in [3.05, 3.63) is 28.5 Å². The smallest absolute Gasteiger partial charge is 0.204 e. The quantitative estimate of drug-likeness (QED) is 0.762. The number of rotatable bonds is 3. The Labute approximate surface area is 143 Å². The third kappa shape index (κ3) is 2.57. The first-order valence-corrected chi connectivity index (χ1v) is 8.84. The first-order chi connectivity index (χ1) is 11.3. The number of fused-ring (bicyclic) bond motifs is 3. The summed E-state index contributed by atoms with van der Waals surface area (Å²) in [7, 11) is 0. The van der Waals surface area contributed by atoms with E-state index < -0.39 is 0 Å². The number of halogens is 1. The summed E-state index contributed by atoms with van der Waals surface area (Å²) in [5.41, 5.74) is 4.21. The highest BCUT2D eigenvalue weighted by atomic mass is 79.9. The van der Waals surface area contributed by atoms with Gasteiger partial charge in [0.15, 0.2) is 5.82 Å². The van der Waals surface area contributed by atoms with Crippen molar-refractivity contribution in [3.63, 3.8) is 0 Å². The van der Waals surface area contributed by atoms with Crippen LogP contribution in [0, 0.1) is 0 Å². The minimum Gasteiger partial charge on any atom is -0.351 e. The molecule has 6 nitrogen and oxygen atoms in total. The highest BCUT2D eigenvalue weighted by molar-refractivity contribution is 9.10. The Morgan fingerprint density at radius 1 is 1.26 bits per heavy atom. The Hall–Kier alpha value is -1.73. The van der Waals surface area contributed by atoms with Gasteiger partial charge >= 0.3 is 0 Å². The number of aromatic nitrogens is 4. The zero-order valence-corrected chi connectivity index (χ0v) is 14.7. The van der Waals surface area contributed by atoms with E-state index in [2.05, 4.69) is 59.8 Å². The van der Waals surface area contributed by atoms with Gasteiger partial charge in [0.1, 0.15) is 6.33 Å². The summed E-state index contributed by atoms with van der Waals surface area (Å²) < 4.78 is 3.13. The van der Waals surface area contributed by atoms with Gasteiger partial charge in [0.2, 0.25) is 5.65 Å². The Morgan fingerprint density at radius 2 is 2.09 bits per heavy atom. The first kappa shape index (κ1) is 14.8. The average molecular weight is 375 g/mol. The predicted octanol–water partition coefficient (Wildman–Crippen LogP) is 2.40. The molecule has 4 rings (SSSR count). The molecule has 120 valence electrons. The molecule has 1 fully saturated rings. The normalized spacial score (nSPS) is 15.7. The van der Waals surface area contributed by atoms with Crippen LogP contribution in [0.4, 0.5) is 5.82 Å². The van der Waals surface area contributed by atoms with Crippen molar-refractivity contribution in [2.75, 3.05) is 31.1 Å². The van der Waals surface area contributed by atoms with Crippen molar-refractivity contribution in [1.82, 2.24) is 24.9 Å². The van der Waals surface area contributed by atoms with Gasteiger partial charge in [-0.25, -0.2) is 4.98 Å². The predicted molar refractivity (Wildman–Crippen MR) is 95.1 cm³/mol. The van der Waals surface area contributed by atoms with Crippen LogP contribution in [-0.4, -0.2) is 45.8 Å². The lowest BCUT2D eigenvalue weighted by Gasteiger charge is -2.28. The highest BCUT2D eigenvalue weighted by Crippen LogP contribution is 2.29. The second-order valence-electron chi connectivity index (χ2n) is 5.88. The zero-order chi connectivity index (χ0) is 15.8. The van der Waals surface area contributed by atoms with Crippen LogP contribution in [0.5, 0.6) is 0 Å². The topological polar surface area (TPSA) is 58.4 Å². The first-order valence-electron chi connectivity index (χ1n) is 8.05. The number of anilines is 1. The van der Waals surface area contributed by atoms with E-state index in [1.54, 1.807) is 6.33 Å². The van der Waals surface area contributed by atoms with Crippen LogP contribution in [0.2, 0.25) is 0 Å². The molecule has 0 unspecified atom stereocenters. The van der Waals surface area contributed by atoms with E-state index in [0.29, 0.717) is 0 Å². The molecular formula is C16H19BrN6. The molecule has 0 bridgehead atoms. The van der Waals surface area contributed by atoms with Gasteiger partial charge in [-0.3, -0.25) is 4.40 Å². The summed E-state index contributed by atoms with van der Waals surface area (Å²) in [6.45, 7) is 6.03. The molecule has 23 heavy (non-hydrogen) atoms. The third-order valence-corrected chi connectivity index (χ3v) is 4.75. The van der Waals surface area contributed by atoms with Crippen LogP contribution in [0.3, 0.4) is 0 Å². The van der Waals surface area contributed by atoms with Crippen molar-refractivity contribution in [2.45, 2.75) is 19.8 Å². The Balaban J connectivity index is 2.00. The number of benzene rings is 1. The van der Waals surface area contributed by atoms with E-state index in [0.717, 1.165) is 66.0 Å².